The number of hydrogen-bond donors (Lipinski definition) is 1. The summed E-state index contributed by atoms with van der Waals surface area (Å²) in [5, 5.41) is 1.99. The van der Waals surface area contributed by atoms with Crippen LogP contribution in [0.5, 0.6) is 0 Å². The van der Waals surface area contributed by atoms with Crippen LogP contribution in [0.4, 0.5) is 18.9 Å². The zero-order valence-electron chi connectivity index (χ0n) is 13.2. The van der Waals surface area contributed by atoms with E-state index in [1.165, 1.54) is 23.6 Å². The van der Waals surface area contributed by atoms with Gasteiger partial charge in [-0.15, -0.1) is 0 Å². The highest BCUT2D eigenvalue weighted by molar-refractivity contribution is 6.30. The Bertz CT molecular complexity index is 802. The van der Waals surface area contributed by atoms with E-state index >= 15 is 0 Å². The number of amides is 1. The summed E-state index contributed by atoms with van der Waals surface area (Å²) >= 11 is 5.58. The lowest BCUT2D eigenvalue weighted by Gasteiger charge is -2.17. The maximum Gasteiger partial charge on any atom is 0.418 e. The number of anilines is 1. The van der Waals surface area contributed by atoms with E-state index in [-0.39, 0.29) is 10.7 Å². The van der Waals surface area contributed by atoms with Gasteiger partial charge in [-0.3, -0.25) is 4.79 Å². The van der Waals surface area contributed by atoms with Crippen molar-refractivity contribution in [2.75, 3.05) is 5.32 Å². The molecule has 2 rings (SSSR count). The molecule has 0 aliphatic carbocycles. The number of carbonyl (C=O) groups is 2. The topological polar surface area (TPSA) is 60.3 Å². The molecule has 1 amide bonds. The highest BCUT2D eigenvalue weighted by atomic mass is 35.5. The molecule has 1 N–H and O–H groups in total. The van der Waals surface area contributed by atoms with Gasteiger partial charge in [0.15, 0.2) is 6.10 Å². The van der Waals surface area contributed by atoms with E-state index in [1.54, 1.807) is 19.3 Å². The third-order valence-corrected chi connectivity index (χ3v) is 3.59. The number of nitrogens with zero attached hydrogens (tertiary/aromatic N) is 1. The zero-order chi connectivity index (χ0) is 18.8. The summed E-state index contributed by atoms with van der Waals surface area (Å²) in [4.78, 5) is 24.0. The Morgan fingerprint density at radius 3 is 2.52 bits per heavy atom. The summed E-state index contributed by atoms with van der Waals surface area (Å²) in [6.07, 6.45) is -4.37. The highest BCUT2D eigenvalue weighted by Gasteiger charge is 2.34. The zero-order valence-corrected chi connectivity index (χ0v) is 14.0. The molecular weight excluding hydrogens is 361 g/mol. The predicted molar refractivity (Wildman–Crippen MR) is 85.4 cm³/mol. The molecule has 1 aromatic heterocycles. The fourth-order valence-corrected chi connectivity index (χ4v) is 2.21. The fourth-order valence-electron chi connectivity index (χ4n) is 2.04. The Morgan fingerprint density at radius 2 is 1.96 bits per heavy atom. The van der Waals surface area contributed by atoms with Gasteiger partial charge < -0.3 is 14.6 Å². The first kappa shape index (κ1) is 18.9. The molecule has 134 valence electrons. The number of aromatic nitrogens is 1. The molecule has 0 aliphatic heterocycles. The molecule has 0 unspecified atom stereocenters. The smallest absolute Gasteiger partial charge is 0.418 e. The number of esters is 1. The van der Waals surface area contributed by atoms with Crippen LogP contribution in [-0.2, 0) is 22.8 Å². The molecule has 0 spiro atoms. The van der Waals surface area contributed by atoms with E-state index in [9.17, 15) is 22.8 Å². The lowest BCUT2D eigenvalue weighted by atomic mass is 10.1. The number of ether oxygens (including phenoxy) is 1. The van der Waals surface area contributed by atoms with E-state index in [1.807, 2.05) is 0 Å². The van der Waals surface area contributed by atoms with Crippen molar-refractivity contribution < 1.29 is 27.5 Å². The van der Waals surface area contributed by atoms with Crippen molar-refractivity contribution in [3.63, 3.8) is 0 Å². The second-order valence-corrected chi connectivity index (χ2v) is 5.67. The average molecular weight is 375 g/mol. The van der Waals surface area contributed by atoms with Gasteiger partial charge in [0.1, 0.15) is 5.69 Å². The second-order valence-electron chi connectivity index (χ2n) is 5.23. The number of carbonyl (C=O) groups excluding carboxylic acids is 2. The summed E-state index contributed by atoms with van der Waals surface area (Å²) in [5.74, 6) is -1.65. The van der Waals surface area contributed by atoms with Gasteiger partial charge in [-0.1, -0.05) is 11.6 Å². The lowest BCUT2D eigenvalue weighted by Crippen LogP contribution is -2.31. The Kier molecular flexibility index (Phi) is 5.42. The van der Waals surface area contributed by atoms with Crippen molar-refractivity contribution in [1.29, 1.82) is 0 Å². The van der Waals surface area contributed by atoms with Crippen LogP contribution in [0.2, 0.25) is 5.02 Å². The van der Waals surface area contributed by atoms with Crippen LogP contribution < -0.4 is 5.32 Å². The van der Waals surface area contributed by atoms with Crippen LogP contribution >= 0.6 is 11.6 Å². The normalized spacial score (nSPS) is 12.6. The van der Waals surface area contributed by atoms with Crippen LogP contribution in [0.1, 0.15) is 23.0 Å². The first-order valence-electron chi connectivity index (χ1n) is 7.09. The Balaban J connectivity index is 2.12. The summed E-state index contributed by atoms with van der Waals surface area (Å²) in [7, 11) is 1.62. The van der Waals surface area contributed by atoms with Gasteiger partial charge in [0, 0.05) is 18.3 Å². The molecule has 0 radical (unpaired) electrons. The van der Waals surface area contributed by atoms with E-state index in [0.29, 0.717) is 6.07 Å². The number of alkyl halides is 3. The number of aryl methyl sites for hydroxylation is 1. The van der Waals surface area contributed by atoms with Gasteiger partial charge >= 0.3 is 12.1 Å². The van der Waals surface area contributed by atoms with Gasteiger partial charge in [0.2, 0.25) is 0 Å². The van der Waals surface area contributed by atoms with Gasteiger partial charge in [0.25, 0.3) is 5.91 Å². The third kappa shape index (κ3) is 4.54. The Labute approximate surface area is 146 Å². The van der Waals surface area contributed by atoms with Gasteiger partial charge in [0.05, 0.1) is 11.3 Å². The average Bonchev–Trinajstić information content (AvgIpc) is 2.94. The molecule has 1 heterocycles. The monoisotopic (exact) mass is 374 g/mol. The number of rotatable bonds is 4. The summed E-state index contributed by atoms with van der Waals surface area (Å²) in [5.41, 5.74) is -1.35. The number of halogens is 4. The van der Waals surface area contributed by atoms with Crippen molar-refractivity contribution in [2.24, 2.45) is 7.05 Å². The Morgan fingerprint density at radius 1 is 1.28 bits per heavy atom. The molecule has 2 aromatic rings. The fraction of sp³-hybridized carbons (Fsp3) is 0.250. The van der Waals surface area contributed by atoms with Gasteiger partial charge in [-0.25, -0.2) is 4.79 Å². The van der Waals surface area contributed by atoms with Gasteiger partial charge in [-0.05, 0) is 37.3 Å². The lowest BCUT2D eigenvalue weighted by molar-refractivity contribution is -0.137. The third-order valence-electron chi connectivity index (χ3n) is 3.35. The standard InChI is InChI=1S/C16H14ClF3N2O3/c1-9(25-15(24)13-4-3-7-22(13)2)14(23)21-12-6-5-10(17)8-11(12)16(18,19)20/h3-9H,1-2H3,(H,21,23)/t9-/m0/s1. The SMILES string of the molecule is C[C@H](OC(=O)c1cccn1C)C(=O)Nc1ccc(Cl)cc1C(F)(F)F. The minimum absolute atomic E-state index is 0.117. The van der Waals surface area contributed by atoms with Crippen LogP contribution in [0, 0.1) is 0 Å². The van der Waals surface area contributed by atoms with Crippen molar-refractivity contribution >= 4 is 29.2 Å². The van der Waals surface area contributed by atoms with E-state index in [4.69, 9.17) is 16.3 Å². The molecule has 0 fully saturated rings. The van der Waals surface area contributed by atoms with E-state index < -0.39 is 35.4 Å². The first-order chi connectivity index (χ1) is 11.6. The van der Waals surface area contributed by atoms with Gasteiger partial charge in [-0.2, -0.15) is 13.2 Å². The maximum absolute atomic E-state index is 13.0. The number of hydrogen-bond acceptors (Lipinski definition) is 3. The summed E-state index contributed by atoms with van der Waals surface area (Å²) in [6, 6.07) is 6.07. The molecule has 1 aromatic carbocycles. The minimum atomic E-state index is -4.70. The van der Waals surface area contributed by atoms with Crippen LogP contribution in [0.15, 0.2) is 36.5 Å². The molecule has 5 nitrogen and oxygen atoms in total. The quantitative estimate of drug-likeness (QED) is 0.826. The molecule has 1 atom stereocenters. The number of benzene rings is 1. The molecule has 0 bridgehead atoms. The molecule has 0 aliphatic rings. The first-order valence-corrected chi connectivity index (χ1v) is 7.47. The van der Waals surface area contributed by atoms with Crippen molar-refractivity contribution in [1.82, 2.24) is 4.57 Å². The van der Waals surface area contributed by atoms with Crippen molar-refractivity contribution in [3.05, 3.63) is 52.8 Å². The maximum atomic E-state index is 13.0. The van der Waals surface area contributed by atoms with Crippen LogP contribution in [0.3, 0.4) is 0 Å². The van der Waals surface area contributed by atoms with Crippen molar-refractivity contribution in [3.8, 4) is 0 Å². The number of nitrogens with one attached hydrogen (secondary N) is 1. The second kappa shape index (κ2) is 7.18. The molecule has 0 saturated heterocycles. The van der Waals surface area contributed by atoms with Crippen LogP contribution in [-0.4, -0.2) is 22.5 Å². The van der Waals surface area contributed by atoms with E-state index in [2.05, 4.69) is 5.32 Å². The molecular formula is C16H14ClF3N2O3. The van der Waals surface area contributed by atoms with Crippen molar-refractivity contribution in [2.45, 2.75) is 19.2 Å². The predicted octanol–water partition coefficient (Wildman–Crippen LogP) is 3.88. The molecule has 0 saturated carbocycles. The highest BCUT2D eigenvalue weighted by Crippen LogP contribution is 2.36. The Hall–Kier alpha value is -2.48. The molecule has 9 heteroatoms. The summed E-state index contributed by atoms with van der Waals surface area (Å²) in [6.45, 7) is 1.26. The van der Waals surface area contributed by atoms with Crippen LogP contribution in [0.25, 0.3) is 0 Å². The molecule has 25 heavy (non-hydrogen) atoms. The van der Waals surface area contributed by atoms with E-state index in [0.717, 1.165) is 6.07 Å². The minimum Gasteiger partial charge on any atom is -0.448 e. The largest absolute Gasteiger partial charge is 0.448 e. The summed E-state index contributed by atoms with van der Waals surface area (Å²) < 4.78 is 45.5.